The fourth-order valence-corrected chi connectivity index (χ4v) is 8.69. The monoisotopic (exact) mass is 622 g/mol. The molecule has 0 unspecified atom stereocenters. The maximum Gasteiger partial charge on any atom is 0.416 e. The molecule has 0 bridgehead atoms. The average molecular weight is 623 g/mol. The largest absolute Gasteiger partial charge is 0.416 e. The van der Waals surface area contributed by atoms with Gasteiger partial charge in [-0.25, -0.2) is 8.42 Å². The van der Waals surface area contributed by atoms with Gasteiger partial charge >= 0.3 is 6.18 Å². The van der Waals surface area contributed by atoms with Crippen LogP contribution in [-0.2, 0) is 36.1 Å². The molecule has 2 aliphatic heterocycles. The summed E-state index contributed by atoms with van der Waals surface area (Å²) in [6.07, 6.45) is -1.75. The summed E-state index contributed by atoms with van der Waals surface area (Å²) in [5.41, 5.74) is -0.552. The molecule has 0 radical (unpaired) electrons. The van der Waals surface area contributed by atoms with E-state index in [0.717, 1.165) is 18.6 Å². The van der Waals surface area contributed by atoms with Gasteiger partial charge in [0.15, 0.2) is 15.6 Å². The fourth-order valence-electron chi connectivity index (χ4n) is 7.01. The maximum atomic E-state index is 14.0. The molecule has 2 heterocycles. The summed E-state index contributed by atoms with van der Waals surface area (Å²) in [6, 6.07) is 13.6. The van der Waals surface area contributed by atoms with Crippen LogP contribution in [0.1, 0.15) is 57.1 Å². The van der Waals surface area contributed by atoms with E-state index in [9.17, 15) is 26.4 Å². The second-order valence-electron chi connectivity index (χ2n) is 12.4. The second kappa shape index (κ2) is 12.5. The Morgan fingerprint density at radius 1 is 1.02 bits per heavy atom. The molecule has 7 nitrogen and oxygen atoms in total. The summed E-state index contributed by atoms with van der Waals surface area (Å²) in [4.78, 5) is 18.4. The third-order valence-corrected chi connectivity index (χ3v) is 11.3. The van der Waals surface area contributed by atoms with Crippen LogP contribution in [0.4, 0.5) is 13.2 Å². The van der Waals surface area contributed by atoms with E-state index in [1.54, 1.807) is 36.4 Å². The molecule has 1 saturated carbocycles. The smallest absolute Gasteiger partial charge is 0.343 e. The van der Waals surface area contributed by atoms with Crippen molar-refractivity contribution in [3.8, 4) is 0 Å². The molecule has 11 heteroatoms. The molecule has 4 atom stereocenters. The van der Waals surface area contributed by atoms with Crippen LogP contribution in [0.25, 0.3) is 0 Å². The summed E-state index contributed by atoms with van der Waals surface area (Å²) < 4.78 is 79.4. The Labute approximate surface area is 252 Å². The van der Waals surface area contributed by atoms with Crippen molar-refractivity contribution in [3.63, 3.8) is 0 Å². The summed E-state index contributed by atoms with van der Waals surface area (Å²) in [5, 5.41) is 0. The van der Waals surface area contributed by atoms with E-state index in [2.05, 4.69) is 25.8 Å². The minimum atomic E-state index is -4.52. The Hall–Kier alpha value is -2.47. The molecule has 236 valence electrons. The standard InChI is InChI=1S/C32H41F3N2O5S/c1-22(2)36(3)27-12-13-29(24(18-27)21-43(39,40)28-10-5-4-6-11-28)37-15-14-23(30(37)38)20-31(41-16-17-42-31)25-8-7-9-26(19-25)32(33,34)35/h4-11,19,22-24,27,29H,12-18,20-21H2,1-3H3/t23-,24+,27-,29+/m1/s1. The molecule has 2 saturated heterocycles. The molecule has 1 amide bonds. The van der Waals surface area contributed by atoms with Gasteiger partial charge in [0.05, 0.1) is 29.4 Å². The third kappa shape index (κ3) is 6.79. The predicted octanol–water partition coefficient (Wildman–Crippen LogP) is 5.50. The van der Waals surface area contributed by atoms with Gasteiger partial charge in [-0.1, -0.05) is 30.3 Å². The highest BCUT2D eigenvalue weighted by molar-refractivity contribution is 7.91. The Bertz CT molecular complexity index is 1380. The van der Waals surface area contributed by atoms with Crippen molar-refractivity contribution in [2.24, 2.45) is 11.8 Å². The van der Waals surface area contributed by atoms with Crippen molar-refractivity contribution in [2.75, 3.05) is 32.6 Å². The topological polar surface area (TPSA) is 76.2 Å². The first-order valence-electron chi connectivity index (χ1n) is 15.1. The number of carbonyl (C=O) groups is 1. The molecule has 0 spiro atoms. The Balaban J connectivity index is 1.37. The molecular formula is C32H41F3N2O5S. The lowest BCUT2D eigenvalue weighted by molar-refractivity contribution is -0.182. The number of rotatable bonds is 9. The van der Waals surface area contributed by atoms with Crippen LogP contribution in [0.15, 0.2) is 59.5 Å². The molecule has 1 aliphatic carbocycles. The van der Waals surface area contributed by atoms with Crippen molar-refractivity contribution in [1.82, 2.24) is 9.80 Å². The number of nitrogens with zero attached hydrogens (tertiary/aromatic N) is 2. The second-order valence-corrected chi connectivity index (χ2v) is 14.4. The molecule has 3 fully saturated rings. The summed E-state index contributed by atoms with van der Waals surface area (Å²) in [7, 11) is -1.53. The van der Waals surface area contributed by atoms with Crippen LogP contribution in [0.2, 0.25) is 0 Å². The van der Waals surface area contributed by atoms with E-state index in [-0.39, 0.29) is 59.8 Å². The van der Waals surface area contributed by atoms with Crippen molar-refractivity contribution in [3.05, 3.63) is 65.7 Å². The van der Waals surface area contributed by atoms with Crippen LogP contribution in [0.3, 0.4) is 0 Å². The zero-order valence-corrected chi connectivity index (χ0v) is 25.7. The zero-order valence-electron chi connectivity index (χ0n) is 24.9. The predicted molar refractivity (Wildman–Crippen MR) is 156 cm³/mol. The normalized spacial score (nSPS) is 26.5. The molecule has 2 aromatic rings. The minimum Gasteiger partial charge on any atom is -0.343 e. The highest BCUT2D eigenvalue weighted by Gasteiger charge is 2.49. The highest BCUT2D eigenvalue weighted by atomic mass is 32.2. The van der Waals surface area contributed by atoms with Gasteiger partial charge in [0.25, 0.3) is 0 Å². The van der Waals surface area contributed by atoms with Gasteiger partial charge in [-0.05, 0) is 76.8 Å². The molecule has 5 rings (SSSR count). The van der Waals surface area contributed by atoms with E-state index in [1.807, 2.05) is 4.90 Å². The summed E-state index contributed by atoms with van der Waals surface area (Å²) in [6.45, 7) is 5.12. The number of amides is 1. The molecule has 2 aromatic carbocycles. The Morgan fingerprint density at radius 2 is 1.72 bits per heavy atom. The van der Waals surface area contributed by atoms with Crippen molar-refractivity contribution >= 4 is 15.7 Å². The Morgan fingerprint density at radius 3 is 2.37 bits per heavy atom. The summed E-state index contributed by atoms with van der Waals surface area (Å²) in [5.74, 6) is -2.39. The van der Waals surface area contributed by atoms with Crippen LogP contribution in [0, 0.1) is 11.8 Å². The highest BCUT2D eigenvalue weighted by Crippen LogP contribution is 2.44. The van der Waals surface area contributed by atoms with Gasteiger partial charge in [-0.15, -0.1) is 0 Å². The van der Waals surface area contributed by atoms with Crippen LogP contribution in [0.5, 0.6) is 0 Å². The number of sulfone groups is 1. The first-order valence-corrected chi connectivity index (χ1v) is 16.7. The number of halogens is 3. The number of hydrogen-bond donors (Lipinski definition) is 0. The molecule has 43 heavy (non-hydrogen) atoms. The van der Waals surface area contributed by atoms with Gasteiger partial charge in [-0.2, -0.15) is 13.2 Å². The van der Waals surface area contributed by atoms with Gasteiger partial charge in [0.2, 0.25) is 5.91 Å². The lowest BCUT2D eigenvalue weighted by Gasteiger charge is -2.44. The maximum absolute atomic E-state index is 14.0. The van der Waals surface area contributed by atoms with E-state index in [0.29, 0.717) is 31.8 Å². The lowest BCUT2D eigenvalue weighted by Crippen LogP contribution is -2.52. The van der Waals surface area contributed by atoms with E-state index in [1.165, 1.54) is 6.07 Å². The Kier molecular flexibility index (Phi) is 9.28. The van der Waals surface area contributed by atoms with Crippen molar-refractivity contribution in [1.29, 1.82) is 0 Å². The lowest BCUT2D eigenvalue weighted by atomic mass is 9.80. The third-order valence-electron chi connectivity index (χ3n) is 9.49. The van der Waals surface area contributed by atoms with E-state index < -0.39 is 33.3 Å². The van der Waals surface area contributed by atoms with Crippen LogP contribution < -0.4 is 0 Å². The first-order chi connectivity index (χ1) is 20.3. The van der Waals surface area contributed by atoms with Crippen molar-refractivity contribution < 1.29 is 35.9 Å². The SMILES string of the molecule is CC(C)N(C)[C@@H]1CC[C@H](N2CC[C@H](CC3(c4cccc(C(F)(F)F)c4)OCCO3)C2=O)[C@H](CS(=O)(=O)c2ccccc2)C1. The van der Waals surface area contributed by atoms with Gasteiger partial charge in [0.1, 0.15) is 0 Å². The molecule has 0 N–H and O–H groups in total. The fraction of sp³-hybridized carbons (Fsp3) is 0.594. The molecule has 0 aromatic heterocycles. The minimum absolute atomic E-state index is 0.0566. The van der Waals surface area contributed by atoms with Gasteiger partial charge in [0, 0.05) is 42.6 Å². The van der Waals surface area contributed by atoms with Gasteiger partial charge in [-0.3, -0.25) is 4.79 Å². The number of carbonyl (C=O) groups excluding carboxylic acids is 1. The van der Waals surface area contributed by atoms with Gasteiger partial charge < -0.3 is 19.3 Å². The number of hydrogen-bond acceptors (Lipinski definition) is 6. The summed E-state index contributed by atoms with van der Waals surface area (Å²) >= 11 is 0. The van der Waals surface area contributed by atoms with Crippen LogP contribution >= 0.6 is 0 Å². The van der Waals surface area contributed by atoms with E-state index in [4.69, 9.17) is 9.47 Å². The number of benzene rings is 2. The molecular weight excluding hydrogens is 581 g/mol. The first kappa shape index (κ1) is 31.9. The van der Waals surface area contributed by atoms with E-state index >= 15 is 0 Å². The number of alkyl halides is 3. The quantitative estimate of drug-likeness (QED) is 0.368. The average Bonchev–Trinajstić information content (AvgIpc) is 3.60. The number of likely N-dealkylation sites (tertiary alicyclic amines) is 1. The zero-order chi connectivity index (χ0) is 31.0. The van der Waals surface area contributed by atoms with Crippen LogP contribution in [-0.4, -0.2) is 74.8 Å². The van der Waals surface area contributed by atoms with Crippen molar-refractivity contribution in [2.45, 2.75) is 80.9 Å². The number of ether oxygens (including phenoxy) is 2. The molecule has 3 aliphatic rings.